The molecule has 0 radical (unpaired) electrons. The van der Waals surface area contributed by atoms with Crippen molar-refractivity contribution in [2.24, 2.45) is 0 Å². The Morgan fingerprint density at radius 1 is 1.41 bits per heavy atom. The third-order valence-electron chi connectivity index (χ3n) is 4.47. The molecule has 1 fully saturated rings. The van der Waals surface area contributed by atoms with Crippen molar-refractivity contribution in [2.75, 3.05) is 13.2 Å². The van der Waals surface area contributed by atoms with Crippen molar-refractivity contribution in [3.05, 3.63) is 23.0 Å². The summed E-state index contributed by atoms with van der Waals surface area (Å²) in [6.45, 7) is 3.40. The molecule has 0 saturated carbocycles. The number of carbonyl (C=O) groups excluding carboxylic acids is 1. The van der Waals surface area contributed by atoms with Crippen LogP contribution in [0.2, 0.25) is 0 Å². The lowest BCUT2D eigenvalue weighted by Gasteiger charge is -2.28. The lowest BCUT2D eigenvalue weighted by molar-refractivity contribution is 0.0507. The van der Waals surface area contributed by atoms with Gasteiger partial charge < -0.3 is 24.4 Å². The van der Waals surface area contributed by atoms with Gasteiger partial charge in [0.15, 0.2) is 0 Å². The number of likely N-dealkylation sites (tertiary alicyclic amines) is 1. The molecule has 2 atom stereocenters. The normalized spacial score (nSPS) is 22.5. The van der Waals surface area contributed by atoms with E-state index in [-0.39, 0.29) is 24.1 Å². The van der Waals surface area contributed by atoms with E-state index in [1.807, 2.05) is 0 Å². The average molecular weight is 308 g/mol. The SMILES string of the molecule is C[C@@H](O)C1CCCN1C(=O)c1cc(C(=O)O)c2n1CCOC2. The van der Waals surface area contributed by atoms with Crippen LogP contribution >= 0.6 is 0 Å². The summed E-state index contributed by atoms with van der Waals surface area (Å²) in [6.07, 6.45) is 1.03. The summed E-state index contributed by atoms with van der Waals surface area (Å²) in [4.78, 5) is 25.9. The molecule has 1 saturated heterocycles. The zero-order valence-electron chi connectivity index (χ0n) is 12.5. The van der Waals surface area contributed by atoms with Crippen LogP contribution in [0, 0.1) is 0 Å². The van der Waals surface area contributed by atoms with Gasteiger partial charge in [-0.05, 0) is 25.8 Å². The van der Waals surface area contributed by atoms with Gasteiger partial charge in [0.25, 0.3) is 5.91 Å². The summed E-state index contributed by atoms with van der Waals surface area (Å²) in [6, 6.07) is 1.23. The molecule has 0 aromatic carbocycles. The van der Waals surface area contributed by atoms with Gasteiger partial charge in [0.2, 0.25) is 0 Å². The van der Waals surface area contributed by atoms with Crippen LogP contribution < -0.4 is 0 Å². The monoisotopic (exact) mass is 308 g/mol. The number of amides is 1. The van der Waals surface area contributed by atoms with Gasteiger partial charge in [-0.25, -0.2) is 4.79 Å². The second-order valence-electron chi connectivity index (χ2n) is 5.85. The zero-order chi connectivity index (χ0) is 15.9. The number of ether oxygens (including phenoxy) is 1. The number of carboxylic acids is 1. The molecule has 2 aliphatic heterocycles. The van der Waals surface area contributed by atoms with Crippen molar-refractivity contribution in [2.45, 2.75) is 45.1 Å². The lowest BCUT2D eigenvalue weighted by atomic mass is 10.1. The molecule has 1 aromatic heterocycles. The van der Waals surface area contributed by atoms with E-state index in [2.05, 4.69) is 0 Å². The van der Waals surface area contributed by atoms with Gasteiger partial charge >= 0.3 is 5.97 Å². The first kappa shape index (κ1) is 15.1. The van der Waals surface area contributed by atoms with Gasteiger partial charge in [-0.2, -0.15) is 0 Å². The highest BCUT2D eigenvalue weighted by molar-refractivity contribution is 5.98. The largest absolute Gasteiger partial charge is 0.478 e. The van der Waals surface area contributed by atoms with E-state index in [1.165, 1.54) is 6.07 Å². The summed E-state index contributed by atoms with van der Waals surface area (Å²) in [5, 5.41) is 19.1. The first-order chi connectivity index (χ1) is 10.5. The van der Waals surface area contributed by atoms with Crippen LogP contribution in [0.1, 0.15) is 46.3 Å². The van der Waals surface area contributed by atoms with E-state index in [4.69, 9.17) is 4.74 Å². The number of aliphatic hydroxyl groups is 1. The quantitative estimate of drug-likeness (QED) is 0.857. The number of carboxylic acid groups (broad SMARTS) is 1. The number of hydrogen-bond donors (Lipinski definition) is 2. The Morgan fingerprint density at radius 3 is 2.86 bits per heavy atom. The van der Waals surface area contributed by atoms with Crippen molar-refractivity contribution in [1.29, 1.82) is 0 Å². The molecule has 0 bridgehead atoms. The van der Waals surface area contributed by atoms with Crippen molar-refractivity contribution < 1.29 is 24.5 Å². The Balaban J connectivity index is 1.97. The molecule has 1 unspecified atom stereocenters. The van der Waals surface area contributed by atoms with Gasteiger partial charge in [0, 0.05) is 13.1 Å². The highest BCUT2D eigenvalue weighted by Crippen LogP contribution is 2.26. The van der Waals surface area contributed by atoms with Crippen LogP contribution in [0.4, 0.5) is 0 Å². The number of hydrogen-bond acceptors (Lipinski definition) is 4. The Kier molecular flexibility index (Phi) is 3.92. The molecule has 7 nitrogen and oxygen atoms in total. The molecule has 1 aromatic rings. The Morgan fingerprint density at radius 2 is 2.18 bits per heavy atom. The standard InChI is InChI=1S/C15H20N2O5/c1-9(18)11-3-2-4-17(11)14(19)12-7-10(15(20)21)13-8-22-6-5-16(12)13/h7,9,11,18H,2-6,8H2,1H3,(H,20,21)/t9-,11?/m1/s1. The molecule has 7 heteroatoms. The fraction of sp³-hybridized carbons (Fsp3) is 0.600. The van der Waals surface area contributed by atoms with Crippen molar-refractivity contribution in [1.82, 2.24) is 9.47 Å². The molecule has 2 N–H and O–H groups in total. The van der Waals surface area contributed by atoms with Gasteiger partial charge in [0.1, 0.15) is 5.69 Å². The zero-order valence-corrected chi connectivity index (χ0v) is 12.5. The summed E-state index contributed by atoms with van der Waals surface area (Å²) >= 11 is 0. The predicted molar refractivity (Wildman–Crippen MR) is 76.8 cm³/mol. The van der Waals surface area contributed by atoms with Crippen LogP contribution in [0.3, 0.4) is 0 Å². The highest BCUT2D eigenvalue weighted by atomic mass is 16.5. The molecule has 0 aliphatic carbocycles. The van der Waals surface area contributed by atoms with E-state index < -0.39 is 12.1 Å². The van der Waals surface area contributed by atoms with E-state index in [0.717, 1.165) is 12.8 Å². The Hall–Kier alpha value is -1.86. The molecule has 0 spiro atoms. The number of aliphatic hydroxyl groups excluding tert-OH is 1. The first-order valence-electron chi connectivity index (χ1n) is 7.53. The Labute approximate surface area is 128 Å². The van der Waals surface area contributed by atoms with E-state index >= 15 is 0 Å². The summed E-state index contributed by atoms with van der Waals surface area (Å²) < 4.78 is 7.06. The number of aromatic carboxylic acids is 1. The summed E-state index contributed by atoms with van der Waals surface area (Å²) in [7, 11) is 0. The molecule has 120 valence electrons. The second-order valence-corrected chi connectivity index (χ2v) is 5.85. The van der Waals surface area contributed by atoms with Crippen LogP contribution in [0.5, 0.6) is 0 Å². The summed E-state index contributed by atoms with van der Waals surface area (Å²) in [5.74, 6) is -1.26. The fourth-order valence-corrected chi connectivity index (χ4v) is 3.38. The molecule has 2 aliphatic rings. The minimum absolute atomic E-state index is 0.121. The van der Waals surface area contributed by atoms with Gasteiger partial charge in [-0.3, -0.25) is 4.79 Å². The molecular formula is C15H20N2O5. The van der Waals surface area contributed by atoms with E-state index in [1.54, 1.807) is 16.4 Å². The van der Waals surface area contributed by atoms with Crippen LogP contribution in [-0.4, -0.2) is 56.9 Å². The highest BCUT2D eigenvalue weighted by Gasteiger charge is 2.35. The molecular weight excluding hydrogens is 288 g/mol. The predicted octanol–water partition coefficient (Wildman–Crippen LogP) is 0.702. The third-order valence-corrected chi connectivity index (χ3v) is 4.47. The topological polar surface area (TPSA) is 92.0 Å². The molecule has 3 heterocycles. The number of nitrogens with zero attached hydrogens (tertiary/aromatic N) is 2. The number of rotatable bonds is 3. The van der Waals surface area contributed by atoms with Crippen molar-refractivity contribution in [3.8, 4) is 0 Å². The minimum atomic E-state index is -1.05. The number of aromatic nitrogens is 1. The molecule has 1 amide bonds. The van der Waals surface area contributed by atoms with Crippen LogP contribution in [0.15, 0.2) is 6.07 Å². The molecule has 3 rings (SSSR count). The van der Waals surface area contributed by atoms with Crippen LogP contribution in [0.25, 0.3) is 0 Å². The lowest BCUT2D eigenvalue weighted by Crippen LogP contribution is -2.42. The fourth-order valence-electron chi connectivity index (χ4n) is 3.38. The van der Waals surface area contributed by atoms with Crippen LogP contribution in [-0.2, 0) is 17.9 Å². The van der Waals surface area contributed by atoms with Gasteiger partial charge in [-0.1, -0.05) is 0 Å². The van der Waals surface area contributed by atoms with E-state index in [0.29, 0.717) is 31.1 Å². The van der Waals surface area contributed by atoms with E-state index in [9.17, 15) is 19.8 Å². The number of fused-ring (bicyclic) bond motifs is 1. The van der Waals surface area contributed by atoms with Gasteiger partial charge in [-0.15, -0.1) is 0 Å². The third kappa shape index (κ3) is 2.40. The minimum Gasteiger partial charge on any atom is -0.478 e. The second kappa shape index (κ2) is 5.73. The Bertz CT molecular complexity index is 607. The smallest absolute Gasteiger partial charge is 0.337 e. The average Bonchev–Trinajstić information content (AvgIpc) is 3.11. The first-order valence-corrected chi connectivity index (χ1v) is 7.53. The maximum absolute atomic E-state index is 12.8. The van der Waals surface area contributed by atoms with Crippen molar-refractivity contribution >= 4 is 11.9 Å². The summed E-state index contributed by atoms with van der Waals surface area (Å²) in [5.41, 5.74) is 1.04. The maximum Gasteiger partial charge on any atom is 0.337 e. The maximum atomic E-state index is 12.8. The van der Waals surface area contributed by atoms with Crippen molar-refractivity contribution in [3.63, 3.8) is 0 Å². The molecule has 22 heavy (non-hydrogen) atoms. The number of carbonyl (C=O) groups is 2. The van der Waals surface area contributed by atoms with Gasteiger partial charge in [0.05, 0.1) is 36.6 Å².